The highest BCUT2D eigenvalue weighted by molar-refractivity contribution is 9.09. The molecule has 0 saturated heterocycles. The van der Waals surface area contributed by atoms with Crippen LogP contribution in [-0.2, 0) is 4.89 Å². The van der Waals surface area contributed by atoms with Gasteiger partial charge in [-0.1, -0.05) is 15.9 Å². The van der Waals surface area contributed by atoms with E-state index in [0.717, 1.165) is 0 Å². The van der Waals surface area contributed by atoms with E-state index in [1.165, 1.54) is 0 Å². The van der Waals surface area contributed by atoms with Crippen LogP contribution in [0.15, 0.2) is 0 Å². The molecule has 0 aliphatic rings. The van der Waals surface area contributed by atoms with E-state index in [1.807, 2.05) is 0 Å². The molecular weight excluding hydrogens is 183 g/mol. The molecule has 0 aliphatic carbocycles. The molecule has 0 radical (unpaired) electrons. The molecule has 1 atom stereocenters. The van der Waals surface area contributed by atoms with Gasteiger partial charge in [-0.3, -0.25) is 5.26 Å². The number of alkyl halides is 2. The second-order valence-corrected chi connectivity index (χ2v) is 1.99. The normalized spacial score (nSPS) is 14.1. The average molecular weight is 189 g/mol. The summed E-state index contributed by atoms with van der Waals surface area (Å²) in [5.41, 5.74) is 0. The lowest BCUT2D eigenvalue weighted by molar-refractivity contribution is -0.266. The van der Waals surface area contributed by atoms with E-state index in [4.69, 9.17) is 16.9 Å². The molecule has 0 amide bonds. The summed E-state index contributed by atoms with van der Waals surface area (Å²) >= 11 is 8.32. The van der Waals surface area contributed by atoms with Gasteiger partial charge in [0, 0.05) is 5.33 Å². The first-order chi connectivity index (χ1) is 3.35. The van der Waals surface area contributed by atoms with Crippen LogP contribution in [0.5, 0.6) is 0 Å². The van der Waals surface area contributed by atoms with Crippen LogP contribution < -0.4 is 0 Å². The molecule has 0 spiro atoms. The van der Waals surface area contributed by atoms with Gasteiger partial charge >= 0.3 is 0 Å². The molecule has 0 heterocycles. The Kier molecular flexibility index (Phi) is 5.32. The Hall–Kier alpha value is 0.690. The Bertz CT molecular complexity index is 34.4. The van der Waals surface area contributed by atoms with Crippen molar-refractivity contribution < 1.29 is 10.1 Å². The third kappa shape index (κ3) is 3.29. The van der Waals surface area contributed by atoms with Crippen molar-refractivity contribution in [3.05, 3.63) is 0 Å². The van der Waals surface area contributed by atoms with Gasteiger partial charge in [0.05, 0.1) is 5.88 Å². The van der Waals surface area contributed by atoms with Crippen LogP contribution in [0.2, 0.25) is 0 Å². The molecule has 0 bridgehead atoms. The SMILES string of the molecule is OOC(CCl)CBr. The van der Waals surface area contributed by atoms with Crippen molar-refractivity contribution in [2.24, 2.45) is 0 Å². The van der Waals surface area contributed by atoms with Crippen molar-refractivity contribution in [1.82, 2.24) is 0 Å². The first kappa shape index (κ1) is 7.69. The highest BCUT2D eigenvalue weighted by Gasteiger charge is 2.01. The van der Waals surface area contributed by atoms with Gasteiger partial charge in [-0.15, -0.1) is 11.6 Å². The topological polar surface area (TPSA) is 29.5 Å². The minimum atomic E-state index is -0.276. The maximum absolute atomic E-state index is 7.91. The second kappa shape index (κ2) is 4.84. The van der Waals surface area contributed by atoms with E-state index < -0.39 is 0 Å². The van der Waals surface area contributed by atoms with Crippen LogP contribution in [-0.4, -0.2) is 22.6 Å². The van der Waals surface area contributed by atoms with E-state index in [9.17, 15) is 0 Å². The van der Waals surface area contributed by atoms with E-state index in [2.05, 4.69) is 20.8 Å². The van der Waals surface area contributed by atoms with Crippen LogP contribution in [0.4, 0.5) is 0 Å². The lowest BCUT2D eigenvalue weighted by Crippen LogP contribution is -2.13. The monoisotopic (exact) mass is 188 g/mol. The minimum absolute atomic E-state index is 0.276. The fourth-order valence-electron chi connectivity index (χ4n) is 0.0976. The zero-order valence-corrected chi connectivity index (χ0v) is 5.94. The van der Waals surface area contributed by atoms with Gasteiger partial charge in [-0.25, -0.2) is 4.89 Å². The summed E-state index contributed by atoms with van der Waals surface area (Å²) in [5.74, 6) is 0.307. The molecule has 44 valence electrons. The van der Waals surface area contributed by atoms with Crippen molar-refractivity contribution in [1.29, 1.82) is 0 Å². The molecule has 7 heavy (non-hydrogen) atoms. The first-order valence-electron chi connectivity index (χ1n) is 1.77. The molecule has 0 aliphatic heterocycles. The molecule has 0 aromatic rings. The van der Waals surface area contributed by atoms with E-state index in [0.29, 0.717) is 11.2 Å². The van der Waals surface area contributed by atoms with Crippen LogP contribution in [0, 0.1) is 0 Å². The summed E-state index contributed by atoms with van der Waals surface area (Å²) in [7, 11) is 0. The maximum Gasteiger partial charge on any atom is 0.116 e. The van der Waals surface area contributed by atoms with Gasteiger partial charge in [-0.2, -0.15) is 0 Å². The molecule has 0 fully saturated rings. The fraction of sp³-hybridized carbons (Fsp3) is 1.00. The molecular formula is C3H6BrClO2. The lowest BCUT2D eigenvalue weighted by atomic mass is 10.5. The number of hydrogen-bond donors (Lipinski definition) is 1. The summed E-state index contributed by atoms with van der Waals surface area (Å²) in [6.45, 7) is 0. The van der Waals surface area contributed by atoms with Crippen LogP contribution in [0.3, 0.4) is 0 Å². The summed E-state index contributed by atoms with van der Waals surface area (Å²) in [4.78, 5) is 3.87. The Balaban J connectivity index is 2.99. The van der Waals surface area contributed by atoms with E-state index in [1.54, 1.807) is 0 Å². The fourth-order valence-corrected chi connectivity index (χ4v) is 0.874. The highest BCUT2D eigenvalue weighted by Crippen LogP contribution is 1.96. The predicted octanol–water partition coefficient (Wildman–Crippen LogP) is 1.48. The summed E-state index contributed by atoms with van der Waals surface area (Å²) in [5, 5.41) is 8.47. The van der Waals surface area contributed by atoms with Gasteiger partial charge in [0.15, 0.2) is 0 Å². The molecule has 0 aromatic heterocycles. The molecule has 0 rings (SSSR count). The average Bonchev–Trinajstić information content (AvgIpc) is 1.72. The van der Waals surface area contributed by atoms with Crippen molar-refractivity contribution >= 4 is 27.5 Å². The van der Waals surface area contributed by atoms with E-state index in [-0.39, 0.29) is 6.10 Å². The van der Waals surface area contributed by atoms with Crippen LogP contribution >= 0.6 is 27.5 Å². The standard InChI is InChI=1S/C3H6BrClO2/c4-1-3(2-5)7-6/h3,6H,1-2H2. The van der Waals surface area contributed by atoms with Crippen molar-refractivity contribution in [2.45, 2.75) is 6.10 Å². The van der Waals surface area contributed by atoms with Crippen molar-refractivity contribution in [3.8, 4) is 0 Å². The van der Waals surface area contributed by atoms with Crippen LogP contribution in [0.25, 0.3) is 0 Å². The minimum Gasteiger partial charge on any atom is -0.251 e. The molecule has 0 saturated carbocycles. The van der Waals surface area contributed by atoms with E-state index >= 15 is 0 Å². The number of rotatable bonds is 3. The number of halogens is 2. The molecule has 1 N–H and O–H groups in total. The largest absolute Gasteiger partial charge is 0.251 e. The predicted molar refractivity (Wildman–Crippen MR) is 32.0 cm³/mol. The Morgan fingerprint density at radius 1 is 1.86 bits per heavy atom. The Morgan fingerprint density at radius 2 is 2.43 bits per heavy atom. The van der Waals surface area contributed by atoms with Crippen molar-refractivity contribution in [2.75, 3.05) is 11.2 Å². The van der Waals surface area contributed by atoms with Gasteiger partial charge < -0.3 is 0 Å². The maximum atomic E-state index is 7.91. The number of hydrogen-bond acceptors (Lipinski definition) is 2. The molecule has 2 nitrogen and oxygen atoms in total. The van der Waals surface area contributed by atoms with Gasteiger partial charge in [0.1, 0.15) is 6.10 Å². The molecule has 1 unspecified atom stereocenters. The summed E-state index contributed by atoms with van der Waals surface area (Å²) in [6.07, 6.45) is -0.276. The smallest absolute Gasteiger partial charge is 0.116 e. The lowest BCUT2D eigenvalue weighted by Gasteiger charge is -2.01. The van der Waals surface area contributed by atoms with Gasteiger partial charge in [0.25, 0.3) is 0 Å². The molecule has 4 heteroatoms. The summed E-state index contributed by atoms with van der Waals surface area (Å²) < 4.78 is 0. The van der Waals surface area contributed by atoms with Gasteiger partial charge in [0.2, 0.25) is 0 Å². The third-order valence-electron chi connectivity index (χ3n) is 0.493. The quantitative estimate of drug-likeness (QED) is 0.414. The van der Waals surface area contributed by atoms with Gasteiger partial charge in [-0.05, 0) is 0 Å². The molecule has 0 aromatic carbocycles. The third-order valence-corrected chi connectivity index (χ3v) is 1.56. The zero-order chi connectivity index (χ0) is 5.70. The first-order valence-corrected chi connectivity index (χ1v) is 3.43. The highest BCUT2D eigenvalue weighted by atomic mass is 79.9. The van der Waals surface area contributed by atoms with Crippen LogP contribution in [0.1, 0.15) is 0 Å². The Morgan fingerprint density at radius 3 is 2.43 bits per heavy atom. The Labute approximate surface area is 55.5 Å². The zero-order valence-electron chi connectivity index (χ0n) is 3.60. The summed E-state index contributed by atoms with van der Waals surface area (Å²) in [6, 6.07) is 0. The van der Waals surface area contributed by atoms with Crippen molar-refractivity contribution in [3.63, 3.8) is 0 Å². The second-order valence-electron chi connectivity index (χ2n) is 1.04.